The predicted octanol–water partition coefficient (Wildman–Crippen LogP) is -0.0502. The molecule has 1 heterocycles. The molecule has 0 saturated carbocycles. The average Bonchev–Trinajstić information content (AvgIpc) is 2.35. The van der Waals surface area contributed by atoms with Crippen LogP contribution in [0.1, 0.15) is 26.7 Å². The number of hydrogen-bond acceptors (Lipinski definition) is 5. The number of carbonyl (C=O) groups is 1. The molecule has 0 spiro atoms. The molecule has 1 aliphatic rings. The molecule has 0 aromatic carbocycles. The molecule has 0 aromatic rings. The third-order valence-electron chi connectivity index (χ3n) is 3.60. The van der Waals surface area contributed by atoms with Crippen molar-refractivity contribution in [2.45, 2.75) is 32.2 Å². The molecule has 1 aliphatic heterocycles. The molecule has 0 radical (unpaired) electrons. The van der Waals surface area contributed by atoms with Crippen LogP contribution in [0.25, 0.3) is 0 Å². The maximum absolute atomic E-state index is 11.3. The van der Waals surface area contributed by atoms with Gasteiger partial charge in [0.1, 0.15) is 5.54 Å². The fraction of sp³-hybridized carbons (Fsp3) is 0.917. The van der Waals surface area contributed by atoms with Gasteiger partial charge in [-0.3, -0.25) is 4.79 Å². The summed E-state index contributed by atoms with van der Waals surface area (Å²) in [6.07, 6.45) is 1.35. The first kappa shape index (κ1) is 16.4. The van der Waals surface area contributed by atoms with E-state index in [-0.39, 0.29) is 11.5 Å². The number of hydrogen-bond donors (Lipinski definition) is 2. The molecule has 0 aromatic heterocycles. The molecule has 19 heavy (non-hydrogen) atoms. The minimum atomic E-state index is -2.87. The van der Waals surface area contributed by atoms with E-state index in [1.54, 1.807) is 6.92 Å². The van der Waals surface area contributed by atoms with Crippen molar-refractivity contribution in [3.8, 4) is 0 Å². The molecule has 1 saturated heterocycles. The Morgan fingerprint density at radius 2 is 1.95 bits per heavy atom. The second kappa shape index (κ2) is 6.67. The first-order valence-electron chi connectivity index (χ1n) is 6.70. The molecule has 1 unspecified atom stereocenters. The zero-order valence-corrected chi connectivity index (χ0v) is 12.5. The van der Waals surface area contributed by atoms with Crippen LogP contribution >= 0.6 is 0 Å². The molecule has 1 atom stereocenters. The van der Waals surface area contributed by atoms with Crippen LogP contribution in [0.5, 0.6) is 0 Å². The maximum atomic E-state index is 11.3. The molecule has 7 heteroatoms. The van der Waals surface area contributed by atoms with Crippen LogP contribution in [-0.4, -0.2) is 67.6 Å². The Hall–Kier alpha value is -0.660. The van der Waals surface area contributed by atoms with Gasteiger partial charge in [0.05, 0.1) is 11.5 Å². The van der Waals surface area contributed by atoms with Crippen LogP contribution in [-0.2, 0) is 14.6 Å². The number of carboxylic acid groups (broad SMARTS) is 1. The Labute approximate surface area is 115 Å². The van der Waals surface area contributed by atoms with Crippen molar-refractivity contribution in [1.29, 1.82) is 0 Å². The van der Waals surface area contributed by atoms with Gasteiger partial charge in [-0.05, 0) is 26.3 Å². The van der Waals surface area contributed by atoms with Gasteiger partial charge in [0.15, 0.2) is 9.84 Å². The highest BCUT2D eigenvalue weighted by Crippen LogP contribution is 2.13. The van der Waals surface area contributed by atoms with E-state index in [1.807, 2.05) is 11.8 Å². The summed E-state index contributed by atoms with van der Waals surface area (Å²) in [7, 11) is -2.87. The third kappa shape index (κ3) is 5.08. The molecule has 6 nitrogen and oxygen atoms in total. The predicted molar refractivity (Wildman–Crippen MR) is 74.0 cm³/mol. The van der Waals surface area contributed by atoms with Gasteiger partial charge in [-0.25, -0.2) is 8.42 Å². The van der Waals surface area contributed by atoms with Gasteiger partial charge in [0.25, 0.3) is 0 Å². The summed E-state index contributed by atoms with van der Waals surface area (Å²) in [5, 5.41) is 12.4. The number of nitrogens with zero attached hydrogens (tertiary/aromatic N) is 1. The fourth-order valence-electron chi connectivity index (χ4n) is 2.03. The van der Waals surface area contributed by atoms with Crippen LogP contribution in [0.4, 0.5) is 0 Å². The highest BCUT2D eigenvalue weighted by molar-refractivity contribution is 7.91. The first-order valence-corrected chi connectivity index (χ1v) is 8.52. The summed E-state index contributed by atoms with van der Waals surface area (Å²) in [6.45, 7) is 5.96. The Balaban J connectivity index is 2.47. The molecule has 112 valence electrons. The monoisotopic (exact) mass is 292 g/mol. The van der Waals surface area contributed by atoms with Gasteiger partial charge in [0, 0.05) is 19.6 Å². The summed E-state index contributed by atoms with van der Waals surface area (Å²) < 4.78 is 22.6. The molecule has 1 fully saturated rings. The molecular weight excluding hydrogens is 268 g/mol. The van der Waals surface area contributed by atoms with Crippen molar-refractivity contribution in [3.05, 3.63) is 0 Å². The zero-order valence-electron chi connectivity index (χ0n) is 11.7. The number of aliphatic carboxylic acids is 1. The summed E-state index contributed by atoms with van der Waals surface area (Å²) in [5.74, 6) is -0.496. The molecule has 2 N–H and O–H groups in total. The summed E-state index contributed by atoms with van der Waals surface area (Å²) in [4.78, 5) is 13.3. The molecule has 0 bridgehead atoms. The van der Waals surface area contributed by atoms with Crippen LogP contribution in [0, 0.1) is 0 Å². The third-order valence-corrected chi connectivity index (χ3v) is 5.21. The van der Waals surface area contributed by atoms with Crippen LogP contribution in [0.15, 0.2) is 0 Å². The van der Waals surface area contributed by atoms with Crippen molar-refractivity contribution in [2.24, 2.45) is 0 Å². The lowest BCUT2D eigenvalue weighted by atomic mass is 9.97. The Morgan fingerprint density at radius 1 is 1.37 bits per heavy atom. The topological polar surface area (TPSA) is 86.7 Å². The highest BCUT2D eigenvalue weighted by atomic mass is 32.2. The number of sulfone groups is 1. The van der Waals surface area contributed by atoms with E-state index in [0.29, 0.717) is 32.6 Å². The van der Waals surface area contributed by atoms with E-state index in [1.165, 1.54) is 0 Å². The van der Waals surface area contributed by atoms with Crippen LogP contribution in [0.2, 0.25) is 0 Å². The van der Waals surface area contributed by atoms with E-state index in [9.17, 15) is 18.3 Å². The lowest BCUT2D eigenvalue weighted by Gasteiger charge is -2.31. The van der Waals surface area contributed by atoms with Crippen LogP contribution < -0.4 is 5.32 Å². The molecule has 0 amide bonds. The quantitative estimate of drug-likeness (QED) is 0.684. The summed E-state index contributed by atoms with van der Waals surface area (Å²) >= 11 is 0. The lowest BCUT2D eigenvalue weighted by Crippen LogP contribution is -2.52. The zero-order chi connectivity index (χ0) is 14.5. The Morgan fingerprint density at radius 3 is 2.42 bits per heavy atom. The first-order chi connectivity index (χ1) is 8.79. The average molecular weight is 292 g/mol. The number of nitrogens with one attached hydrogen (secondary N) is 1. The van der Waals surface area contributed by atoms with Crippen molar-refractivity contribution in [1.82, 2.24) is 10.2 Å². The minimum Gasteiger partial charge on any atom is -0.480 e. The maximum Gasteiger partial charge on any atom is 0.323 e. The second-order valence-electron chi connectivity index (χ2n) is 5.31. The van der Waals surface area contributed by atoms with Gasteiger partial charge >= 0.3 is 5.97 Å². The highest BCUT2D eigenvalue weighted by Gasteiger charge is 2.33. The molecule has 0 aliphatic carbocycles. The standard InChI is InChI=1S/C12H24N2O4S/c1-3-5-13-12(2,11(15)16)4-6-14-7-9-19(17,18)10-8-14/h13H,3-10H2,1-2H3,(H,15,16). The van der Waals surface area contributed by atoms with Gasteiger partial charge < -0.3 is 15.3 Å². The van der Waals surface area contributed by atoms with Crippen LogP contribution in [0.3, 0.4) is 0 Å². The van der Waals surface area contributed by atoms with E-state index in [4.69, 9.17) is 0 Å². The molecule has 1 rings (SSSR count). The van der Waals surface area contributed by atoms with E-state index < -0.39 is 21.3 Å². The van der Waals surface area contributed by atoms with Crippen molar-refractivity contribution in [3.63, 3.8) is 0 Å². The fourth-order valence-corrected chi connectivity index (χ4v) is 3.30. The largest absolute Gasteiger partial charge is 0.480 e. The second-order valence-corrected chi connectivity index (χ2v) is 7.61. The van der Waals surface area contributed by atoms with Crippen molar-refractivity contribution < 1.29 is 18.3 Å². The Bertz CT molecular complexity index is 396. The number of carboxylic acids is 1. The van der Waals surface area contributed by atoms with Gasteiger partial charge in [0.2, 0.25) is 0 Å². The van der Waals surface area contributed by atoms with Gasteiger partial charge in [-0.2, -0.15) is 0 Å². The van der Waals surface area contributed by atoms with Gasteiger partial charge in [-0.1, -0.05) is 6.92 Å². The van der Waals surface area contributed by atoms with E-state index in [0.717, 1.165) is 6.42 Å². The SMILES string of the molecule is CCCNC(C)(CCN1CCS(=O)(=O)CC1)C(=O)O. The lowest BCUT2D eigenvalue weighted by molar-refractivity contribution is -0.144. The number of rotatable bonds is 7. The van der Waals surface area contributed by atoms with Crippen molar-refractivity contribution >= 4 is 15.8 Å². The minimum absolute atomic E-state index is 0.180. The molecular formula is C12H24N2O4S. The summed E-state index contributed by atoms with van der Waals surface area (Å²) in [6, 6.07) is 0. The smallest absolute Gasteiger partial charge is 0.323 e. The van der Waals surface area contributed by atoms with E-state index in [2.05, 4.69) is 5.32 Å². The van der Waals surface area contributed by atoms with E-state index >= 15 is 0 Å². The summed E-state index contributed by atoms with van der Waals surface area (Å²) in [5.41, 5.74) is -0.938. The normalized spacial score (nSPS) is 22.8. The Kier molecular flexibility index (Phi) is 5.76. The van der Waals surface area contributed by atoms with Crippen molar-refractivity contribution in [2.75, 3.05) is 37.7 Å². The van der Waals surface area contributed by atoms with Gasteiger partial charge in [-0.15, -0.1) is 0 Å².